The molecule has 4 nitrogen and oxygen atoms in total. The van der Waals surface area contributed by atoms with Gasteiger partial charge < -0.3 is 9.47 Å². The normalized spacial score (nSPS) is 10.0. The number of methoxy groups -OCH3 is 1. The van der Waals surface area contributed by atoms with Crippen molar-refractivity contribution in [3.05, 3.63) is 57.6 Å². The van der Waals surface area contributed by atoms with E-state index in [2.05, 4.69) is 0 Å². The third-order valence-corrected chi connectivity index (χ3v) is 3.20. The van der Waals surface area contributed by atoms with Crippen molar-refractivity contribution in [1.29, 1.82) is 0 Å². The molecule has 0 aliphatic rings. The lowest BCUT2D eigenvalue weighted by atomic mass is 10.2. The summed E-state index contributed by atoms with van der Waals surface area (Å²) in [6.45, 7) is 0. The lowest BCUT2D eigenvalue weighted by molar-refractivity contribution is 0.0730. The van der Waals surface area contributed by atoms with Crippen LogP contribution in [0.5, 0.6) is 11.5 Å². The van der Waals surface area contributed by atoms with Crippen molar-refractivity contribution < 1.29 is 19.1 Å². The highest BCUT2D eigenvalue weighted by Crippen LogP contribution is 2.36. The van der Waals surface area contributed by atoms with Crippen molar-refractivity contribution in [3.63, 3.8) is 0 Å². The van der Waals surface area contributed by atoms with E-state index in [0.717, 1.165) is 0 Å². The van der Waals surface area contributed by atoms with Crippen molar-refractivity contribution in [1.82, 2.24) is 0 Å². The molecule has 0 saturated heterocycles. The van der Waals surface area contributed by atoms with Crippen LogP contribution in [-0.2, 0) is 0 Å². The van der Waals surface area contributed by atoms with Crippen molar-refractivity contribution in [2.45, 2.75) is 0 Å². The molecule has 0 radical (unpaired) electrons. The SMILES string of the molecule is COc1cc(C=O)cc(Cl)c1OC(=O)c1ccc(Cl)cc1. The molecule has 0 saturated carbocycles. The van der Waals surface area contributed by atoms with Crippen LogP contribution in [0.15, 0.2) is 36.4 Å². The van der Waals surface area contributed by atoms with Gasteiger partial charge in [-0.15, -0.1) is 0 Å². The number of carbonyl (C=O) groups is 2. The fourth-order valence-corrected chi connectivity index (χ4v) is 2.03. The molecule has 0 aliphatic heterocycles. The van der Waals surface area contributed by atoms with Crippen molar-refractivity contribution in [2.24, 2.45) is 0 Å². The molecule has 0 atom stereocenters. The number of halogens is 2. The Morgan fingerprint density at radius 3 is 2.38 bits per heavy atom. The molecule has 0 unspecified atom stereocenters. The summed E-state index contributed by atoms with van der Waals surface area (Å²) in [4.78, 5) is 22.8. The summed E-state index contributed by atoms with van der Waals surface area (Å²) >= 11 is 11.8. The van der Waals surface area contributed by atoms with Crippen LogP contribution in [0.3, 0.4) is 0 Å². The zero-order valence-corrected chi connectivity index (χ0v) is 12.4. The molecular weight excluding hydrogens is 315 g/mol. The summed E-state index contributed by atoms with van der Waals surface area (Å²) < 4.78 is 10.3. The van der Waals surface area contributed by atoms with Crippen LogP contribution >= 0.6 is 23.2 Å². The lowest BCUT2D eigenvalue weighted by Crippen LogP contribution is -2.09. The van der Waals surface area contributed by atoms with Gasteiger partial charge in [-0.05, 0) is 36.4 Å². The molecule has 0 aromatic heterocycles. The van der Waals surface area contributed by atoms with E-state index in [0.29, 0.717) is 22.4 Å². The third kappa shape index (κ3) is 3.54. The number of ether oxygens (including phenoxy) is 2. The summed E-state index contributed by atoms with van der Waals surface area (Å²) in [6.07, 6.45) is 0.624. The second-order valence-electron chi connectivity index (χ2n) is 4.05. The Morgan fingerprint density at radius 1 is 1.14 bits per heavy atom. The summed E-state index contributed by atoms with van der Waals surface area (Å²) in [7, 11) is 1.39. The summed E-state index contributed by atoms with van der Waals surface area (Å²) in [6, 6.07) is 9.04. The number of hydrogen-bond acceptors (Lipinski definition) is 4. The Hall–Kier alpha value is -2.04. The standard InChI is InChI=1S/C15H10Cl2O4/c1-20-13-7-9(8-18)6-12(17)14(13)21-15(19)10-2-4-11(16)5-3-10/h2-8H,1H3. The van der Waals surface area contributed by atoms with Crippen molar-refractivity contribution in [3.8, 4) is 11.5 Å². The molecule has 108 valence electrons. The Labute approximate surface area is 131 Å². The van der Waals surface area contributed by atoms with Crippen LogP contribution in [0.1, 0.15) is 20.7 Å². The molecule has 6 heteroatoms. The Kier molecular flexibility index (Phi) is 4.83. The first kappa shape index (κ1) is 15.4. The molecule has 0 fully saturated rings. The van der Waals surface area contributed by atoms with Crippen LogP contribution in [0.4, 0.5) is 0 Å². The Bertz CT molecular complexity index is 681. The van der Waals surface area contributed by atoms with Gasteiger partial charge in [0.25, 0.3) is 0 Å². The number of rotatable bonds is 4. The van der Waals surface area contributed by atoms with E-state index in [1.165, 1.54) is 31.4 Å². The molecule has 0 N–H and O–H groups in total. The van der Waals surface area contributed by atoms with Gasteiger partial charge >= 0.3 is 5.97 Å². The number of hydrogen-bond donors (Lipinski definition) is 0. The lowest BCUT2D eigenvalue weighted by Gasteiger charge is -2.11. The monoisotopic (exact) mass is 324 g/mol. The highest BCUT2D eigenvalue weighted by Gasteiger charge is 2.17. The Balaban J connectivity index is 2.32. The average Bonchev–Trinajstić information content (AvgIpc) is 2.49. The predicted octanol–water partition coefficient (Wildman–Crippen LogP) is 4.03. The highest BCUT2D eigenvalue weighted by atomic mass is 35.5. The number of aldehydes is 1. The van der Waals surface area contributed by atoms with E-state index in [9.17, 15) is 9.59 Å². The fraction of sp³-hybridized carbons (Fsp3) is 0.0667. The minimum absolute atomic E-state index is 0.0599. The van der Waals surface area contributed by atoms with Gasteiger partial charge in [0.15, 0.2) is 11.5 Å². The maximum atomic E-state index is 12.1. The topological polar surface area (TPSA) is 52.6 Å². The van der Waals surface area contributed by atoms with Gasteiger partial charge in [-0.25, -0.2) is 4.79 Å². The molecule has 0 heterocycles. The zero-order valence-electron chi connectivity index (χ0n) is 10.9. The molecule has 0 amide bonds. The predicted molar refractivity (Wildman–Crippen MR) is 79.8 cm³/mol. The van der Waals surface area contributed by atoms with E-state index in [1.54, 1.807) is 12.1 Å². The van der Waals surface area contributed by atoms with E-state index in [4.69, 9.17) is 32.7 Å². The molecule has 2 aromatic carbocycles. The molecule has 2 aromatic rings. The minimum atomic E-state index is -0.606. The molecular formula is C15H10Cl2O4. The quantitative estimate of drug-likeness (QED) is 0.484. The van der Waals surface area contributed by atoms with Crippen LogP contribution in [0.2, 0.25) is 10.0 Å². The van der Waals surface area contributed by atoms with E-state index < -0.39 is 5.97 Å². The number of esters is 1. The first-order valence-electron chi connectivity index (χ1n) is 5.85. The van der Waals surface area contributed by atoms with Gasteiger partial charge in [0, 0.05) is 10.6 Å². The maximum Gasteiger partial charge on any atom is 0.343 e. The summed E-state index contributed by atoms with van der Waals surface area (Å²) in [5.74, 6) is -0.345. The van der Waals surface area contributed by atoms with Crippen molar-refractivity contribution in [2.75, 3.05) is 7.11 Å². The molecule has 0 bridgehead atoms. The zero-order chi connectivity index (χ0) is 15.4. The van der Waals surface area contributed by atoms with Gasteiger partial charge in [0.1, 0.15) is 6.29 Å². The maximum absolute atomic E-state index is 12.1. The molecule has 21 heavy (non-hydrogen) atoms. The first-order chi connectivity index (χ1) is 10.0. The van der Waals surface area contributed by atoms with E-state index in [1.807, 2.05) is 0 Å². The van der Waals surface area contributed by atoms with E-state index >= 15 is 0 Å². The average molecular weight is 325 g/mol. The Morgan fingerprint density at radius 2 is 1.81 bits per heavy atom. The van der Waals surface area contributed by atoms with Gasteiger partial charge in [0.2, 0.25) is 0 Å². The van der Waals surface area contributed by atoms with Crippen LogP contribution in [0.25, 0.3) is 0 Å². The highest BCUT2D eigenvalue weighted by molar-refractivity contribution is 6.32. The van der Waals surface area contributed by atoms with Crippen LogP contribution in [0, 0.1) is 0 Å². The van der Waals surface area contributed by atoms with Gasteiger partial charge in [-0.1, -0.05) is 23.2 Å². The van der Waals surface area contributed by atoms with Crippen LogP contribution < -0.4 is 9.47 Å². The minimum Gasteiger partial charge on any atom is -0.493 e. The molecule has 0 spiro atoms. The number of carbonyl (C=O) groups excluding carboxylic acids is 2. The largest absolute Gasteiger partial charge is 0.493 e. The van der Waals surface area contributed by atoms with Gasteiger partial charge in [-0.3, -0.25) is 4.79 Å². The fourth-order valence-electron chi connectivity index (χ4n) is 1.64. The van der Waals surface area contributed by atoms with Gasteiger partial charge in [0.05, 0.1) is 17.7 Å². The summed E-state index contributed by atoms with van der Waals surface area (Å²) in [5.41, 5.74) is 0.639. The van der Waals surface area contributed by atoms with Gasteiger partial charge in [-0.2, -0.15) is 0 Å². The third-order valence-electron chi connectivity index (χ3n) is 2.66. The number of benzene rings is 2. The van der Waals surface area contributed by atoms with Crippen LogP contribution in [-0.4, -0.2) is 19.4 Å². The smallest absolute Gasteiger partial charge is 0.343 e. The second-order valence-corrected chi connectivity index (χ2v) is 4.89. The second kappa shape index (κ2) is 6.61. The molecule has 2 rings (SSSR count). The van der Waals surface area contributed by atoms with E-state index in [-0.39, 0.29) is 16.5 Å². The first-order valence-corrected chi connectivity index (χ1v) is 6.61. The molecule has 0 aliphatic carbocycles. The van der Waals surface area contributed by atoms with Crippen molar-refractivity contribution >= 4 is 35.5 Å². The summed E-state index contributed by atoms with van der Waals surface area (Å²) in [5, 5.41) is 0.622.